The number of aryl methyl sites for hydroxylation is 1. The van der Waals surface area contributed by atoms with Crippen molar-refractivity contribution in [3.05, 3.63) is 35.2 Å². The third-order valence-corrected chi connectivity index (χ3v) is 7.04. The lowest BCUT2D eigenvalue weighted by molar-refractivity contribution is -0.125. The van der Waals surface area contributed by atoms with Crippen molar-refractivity contribution < 1.29 is 9.53 Å². The summed E-state index contributed by atoms with van der Waals surface area (Å²) in [6.07, 6.45) is 7.39. The Morgan fingerprint density at radius 1 is 1.33 bits per heavy atom. The Balaban J connectivity index is 1.42. The van der Waals surface area contributed by atoms with E-state index >= 15 is 0 Å². The first-order valence-corrected chi connectivity index (χ1v) is 11.7. The average molecular weight is 467 g/mol. The van der Waals surface area contributed by atoms with Crippen LogP contribution < -0.4 is 15.4 Å². The normalized spacial score (nSPS) is 15.7. The van der Waals surface area contributed by atoms with Gasteiger partial charge in [-0.05, 0) is 38.9 Å². The van der Waals surface area contributed by atoms with E-state index < -0.39 is 0 Å². The average Bonchev–Trinajstić information content (AvgIpc) is 3.41. The molecule has 4 heterocycles. The minimum atomic E-state index is -0.0110. The number of carbonyl (C=O) groups excluding carboxylic acids is 1. The van der Waals surface area contributed by atoms with E-state index in [1.54, 1.807) is 41.7 Å². The summed E-state index contributed by atoms with van der Waals surface area (Å²) in [7, 11) is 5.60. The third-order valence-electron chi connectivity index (χ3n) is 5.88. The van der Waals surface area contributed by atoms with Gasteiger partial charge in [0.1, 0.15) is 17.0 Å². The number of likely N-dealkylation sites (N-methyl/N-ethyl adjacent to an activating group) is 1. The van der Waals surface area contributed by atoms with E-state index in [2.05, 4.69) is 35.6 Å². The van der Waals surface area contributed by atoms with Gasteiger partial charge in [-0.25, -0.2) is 19.5 Å². The van der Waals surface area contributed by atoms with Crippen LogP contribution in [-0.4, -0.2) is 69.7 Å². The number of nitrogens with zero attached hydrogens (tertiary/aromatic N) is 6. The third kappa shape index (κ3) is 4.21. The zero-order valence-corrected chi connectivity index (χ0v) is 19.6. The Morgan fingerprint density at radius 2 is 2.21 bits per heavy atom. The minimum absolute atomic E-state index is 0.0110. The number of thiophene rings is 1. The fraction of sp³-hybridized carbons (Fsp3) is 0.409. The molecule has 11 heteroatoms. The second-order valence-electron chi connectivity index (χ2n) is 8.36. The molecule has 0 fully saturated rings. The SMILES string of the molecule is COc1cn2nccc2nc1Nc1ncnc2sc3c(c12)CC[C@H](C(=O)NCCN(C)C)C3. The number of aromatic nitrogens is 5. The number of hydrogen-bond acceptors (Lipinski definition) is 9. The predicted octanol–water partition coefficient (Wildman–Crippen LogP) is 2.27. The molecule has 0 aliphatic heterocycles. The van der Waals surface area contributed by atoms with Gasteiger partial charge in [-0.15, -0.1) is 11.3 Å². The molecule has 0 bridgehead atoms. The maximum atomic E-state index is 12.7. The Morgan fingerprint density at radius 3 is 3.03 bits per heavy atom. The van der Waals surface area contributed by atoms with Crippen molar-refractivity contribution in [2.45, 2.75) is 19.3 Å². The fourth-order valence-electron chi connectivity index (χ4n) is 4.16. The van der Waals surface area contributed by atoms with Crippen LogP contribution in [0.4, 0.5) is 11.6 Å². The monoisotopic (exact) mass is 466 g/mol. The molecule has 10 nitrogen and oxygen atoms in total. The van der Waals surface area contributed by atoms with Gasteiger partial charge in [0, 0.05) is 30.0 Å². The smallest absolute Gasteiger partial charge is 0.223 e. The number of carbonyl (C=O) groups is 1. The molecule has 1 aliphatic rings. The summed E-state index contributed by atoms with van der Waals surface area (Å²) in [5.41, 5.74) is 1.93. The summed E-state index contributed by atoms with van der Waals surface area (Å²) in [6, 6.07) is 1.83. The highest BCUT2D eigenvalue weighted by atomic mass is 32.1. The second-order valence-corrected chi connectivity index (χ2v) is 9.44. The highest BCUT2D eigenvalue weighted by Crippen LogP contribution is 2.41. The van der Waals surface area contributed by atoms with Gasteiger partial charge in [-0.2, -0.15) is 5.10 Å². The van der Waals surface area contributed by atoms with Crippen molar-refractivity contribution in [3.63, 3.8) is 0 Å². The molecular formula is C22H26N8O2S. The Labute approximate surface area is 195 Å². The van der Waals surface area contributed by atoms with Crippen molar-refractivity contribution in [2.24, 2.45) is 5.92 Å². The van der Waals surface area contributed by atoms with E-state index in [0.29, 0.717) is 29.6 Å². The van der Waals surface area contributed by atoms with Crippen LogP contribution in [-0.2, 0) is 17.6 Å². The maximum Gasteiger partial charge on any atom is 0.223 e. The number of hydrogen-bond donors (Lipinski definition) is 2. The molecule has 2 N–H and O–H groups in total. The molecule has 4 aromatic heterocycles. The van der Waals surface area contributed by atoms with Gasteiger partial charge in [0.25, 0.3) is 0 Å². The number of anilines is 2. The standard InChI is InChI=1S/C22H26N8O2S/c1-29(2)9-8-23-21(31)13-4-5-14-16(10-13)33-22-18(14)20(24-12-25-22)28-19-15(32-3)11-30-17(27-19)6-7-26-30/h6-7,11-13H,4-5,8-10H2,1-3H3,(H,23,31)(H,24,25,27,28)/t13-/m0/s1. The van der Waals surface area contributed by atoms with Gasteiger partial charge in [0.05, 0.1) is 24.9 Å². The van der Waals surface area contributed by atoms with Crippen LogP contribution in [0.1, 0.15) is 16.9 Å². The quantitative estimate of drug-likeness (QED) is 0.427. The molecule has 0 saturated heterocycles. The van der Waals surface area contributed by atoms with Gasteiger partial charge in [-0.1, -0.05) is 0 Å². The molecule has 172 valence electrons. The van der Waals surface area contributed by atoms with Crippen molar-refractivity contribution in [2.75, 3.05) is 39.6 Å². The molecular weight excluding hydrogens is 440 g/mol. The molecule has 0 saturated carbocycles. The number of amides is 1. The Hall–Kier alpha value is -3.31. The van der Waals surface area contributed by atoms with Crippen molar-refractivity contribution in [1.29, 1.82) is 0 Å². The van der Waals surface area contributed by atoms with E-state index in [0.717, 1.165) is 36.0 Å². The lowest BCUT2D eigenvalue weighted by atomic mass is 9.87. The van der Waals surface area contributed by atoms with Crippen LogP contribution in [0.3, 0.4) is 0 Å². The molecule has 0 spiro atoms. The molecule has 0 aromatic carbocycles. The molecule has 1 aliphatic carbocycles. The van der Waals surface area contributed by atoms with Gasteiger partial charge < -0.3 is 20.3 Å². The highest BCUT2D eigenvalue weighted by molar-refractivity contribution is 7.19. The Kier molecular flexibility index (Phi) is 5.81. The van der Waals surface area contributed by atoms with Gasteiger partial charge in [0.2, 0.25) is 5.91 Å². The molecule has 1 atom stereocenters. The number of rotatable bonds is 7. The minimum Gasteiger partial charge on any atom is -0.491 e. The molecule has 5 rings (SSSR count). The summed E-state index contributed by atoms with van der Waals surface area (Å²) in [5, 5.41) is 11.6. The second kappa shape index (κ2) is 8.91. The first kappa shape index (κ1) is 21.5. The number of fused-ring (bicyclic) bond motifs is 4. The molecule has 4 aromatic rings. The maximum absolute atomic E-state index is 12.7. The Bertz CT molecular complexity index is 1310. The van der Waals surface area contributed by atoms with E-state index in [1.165, 1.54) is 10.4 Å². The number of ether oxygens (including phenoxy) is 1. The zero-order valence-electron chi connectivity index (χ0n) is 18.8. The highest BCUT2D eigenvalue weighted by Gasteiger charge is 2.29. The lowest BCUT2D eigenvalue weighted by Gasteiger charge is -2.22. The van der Waals surface area contributed by atoms with E-state index in [1.807, 2.05) is 20.2 Å². The largest absolute Gasteiger partial charge is 0.491 e. The van der Waals surface area contributed by atoms with E-state index in [4.69, 9.17) is 4.74 Å². The van der Waals surface area contributed by atoms with Crippen LogP contribution in [0.2, 0.25) is 0 Å². The van der Waals surface area contributed by atoms with Crippen LogP contribution in [0.5, 0.6) is 5.75 Å². The van der Waals surface area contributed by atoms with Gasteiger partial charge >= 0.3 is 0 Å². The molecule has 0 radical (unpaired) electrons. The van der Waals surface area contributed by atoms with Crippen molar-refractivity contribution in [3.8, 4) is 5.75 Å². The molecule has 1 amide bonds. The molecule has 0 unspecified atom stereocenters. The van der Waals surface area contributed by atoms with Crippen LogP contribution >= 0.6 is 11.3 Å². The summed E-state index contributed by atoms with van der Waals surface area (Å²) in [5.74, 6) is 1.95. The van der Waals surface area contributed by atoms with Crippen LogP contribution in [0, 0.1) is 5.92 Å². The summed E-state index contributed by atoms with van der Waals surface area (Å²) >= 11 is 1.64. The zero-order chi connectivity index (χ0) is 22.9. The first-order chi connectivity index (χ1) is 16.0. The van der Waals surface area contributed by atoms with Crippen LogP contribution in [0.15, 0.2) is 24.8 Å². The first-order valence-electron chi connectivity index (χ1n) is 10.9. The summed E-state index contributed by atoms with van der Waals surface area (Å²) in [6.45, 7) is 1.50. The fourth-order valence-corrected chi connectivity index (χ4v) is 5.43. The number of methoxy groups -OCH3 is 1. The van der Waals surface area contributed by atoms with Crippen LogP contribution in [0.25, 0.3) is 15.9 Å². The number of nitrogens with one attached hydrogen (secondary N) is 2. The predicted molar refractivity (Wildman–Crippen MR) is 127 cm³/mol. The summed E-state index contributed by atoms with van der Waals surface area (Å²) < 4.78 is 7.18. The van der Waals surface area contributed by atoms with E-state index in [9.17, 15) is 4.79 Å². The van der Waals surface area contributed by atoms with Gasteiger partial charge in [0.15, 0.2) is 17.2 Å². The van der Waals surface area contributed by atoms with Crippen molar-refractivity contribution in [1.82, 2.24) is 34.8 Å². The topological polar surface area (TPSA) is 110 Å². The van der Waals surface area contributed by atoms with Crippen molar-refractivity contribution >= 4 is 44.7 Å². The lowest BCUT2D eigenvalue weighted by Crippen LogP contribution is -2.37. The van der Waals surface area contributed by atoms with Gasteiger partial charge in [-0.3, -0.25) is 4.79 Å². The van der Waals surface area contributed by atoms with E-state index in [-0.39, 0.29) is 11.8 Å². The molecule has 33 heavy (non-hydrogen) atoms. The summed E-state index contributed by atoms with van der Waals surface area (Å²) in [4.78, 5) is 30.5.